The highest BCUT2D eigenvalue weighted by Gasteiger charge is 2.12. The minimum atomic E-state index is -0.189. The zero-order chi connectivity index (χ0) is 14.4. The van der Waals surface area contributed by atoms with Gasteiger partial charge in [-0.05, 0) is 31.6 Å². The Morgan fingerprint density at radius 3 is 2.26 bits per heavy atom. The van der Waals surface area contributed by atoms with Gasteiger partial charge in [-0.2, -0.15) is 5.11 Å². The molecule has 106 valence electrons. The van der Waals surface area contributed by atoms with Gasteiger partial charge in [-0.15, -0.1) is 5.11 Å². The predicted molar refractivity (Wildman–Crippen MR) is 76.8 cm³/mol. The Labute approximate surface area is 114 Å². The van der Waals surface area contributed by atoms with Crippen molar-refractivity contribution < 1.29 is 0 Å². The van der Waals surface area contributed by atoms with Gasteiger partial charge in [0.25, 0.3) is 5.56 Å². The third-order valence-corrected chi connectivity index (χ3v) is 2.66. The Morgan fingerprint density at radius 2 is 1.79 bits per heavy atom. The lowest BCUT2D eigenvalue weighted by molar-refractivity contribution is 0.413. The number of nitrogens with one attached hydrogen (secondary N) is 1. The second kappa shape index (κ2) is 7.16. The first-order chi connectivity index (χ1) is 8.86. The molecule has 0 aliphatic heterocycles. The lowest BCUT2D eigenvalue weighted by Crippen LogP contribution is -2.11. The van der Waals surface area contributed by atoms with E-state index in [4.69, 9.17) is 0 Å². The van der Waals surface area contributed by atoms with Gasteiger partial charge in [0.2, 0.25) is 5.95 Å². The van der Waals surface area contributed by atoms with Crippen LogP contribution in [0.15, 0.2) is 21.1 Å². The molecule has 19 heavy (non-hydrogen) atoms. The molecule has 1 rings (SSSR count). The summed E-state index contributed by atoms with van der Waals surface area (Å²) in [6, 6.07) is 1.63. The van der Waals surface area contributed by atoms with Gasteiger partial charge in [-0.25, -0.2) is 4.98 Å². The van der Waals surface area contributed by atoms with E-state index in [9.17, 15) is 4.79 Å². The number of H-pyrrole nitrogens is 1. The molecule has 0 aliphatic rings. The number of hydrogen-bond donors (Lipinski definition) is 1. The summed E-state index contributed by atoms with van der Waals surface area (Å²) in [5.41, 5.74) is 0.465. The number of hydrogen-bond acceptors (Lipinski definition) is 4. The molecule has 1 N–H and O–H groups in total. The maximum absolute atomic E-state index is 11.3. The monoisotopic (exact) mass is 264 g/mol. The van der Waals surface area contributed by atoms with Gasteiger partial charge in [-0.1, -0.05) is 27.7 Å². The maximum atomic E-state index is 11.3. The largest absolute Gasteiger partial charge is 0.290 e. The number of aromatic nitrogens is 2. The quantitative estimate of drug-likeness (QED) is 0.797. The zero-order valence-electron chi connectivity index (χ0n) is 12.5. The van der Waals surface area contributed by atoms with Gasteiger partial charge < -0.3 is 0 Å². The van der Waals surface area contributed by atoms with E-state index in [-0.39, 0.29) is 11.6 Å². The molecular formula is C14H24N4O. The minimum absolute atomic E-state index is 0.186. The summed E-state index contributed by atoms with van der Waals surface area (Å²) in [6.07, 6.45) is 2.00. The fourth-order valence-corrected chi connectivity index (χ4v) is 2.03. The summed E-state index contributed by atoms with van der Waals surface area (Å²) in [5, 5.41) is 8.44. The predicted octanol–water partition coefficient (Wildman–Crippen LogP) is 3.62. The van der Waals surface area contributed by atoms with Crippen molar-refractivity contribution in [1.82, 2.24) is 9.97 Å². The summed E-state index contributed by atoms with van der Waals surface area (Å²) >= 11 is 0. The van der Waals surface area contributed by atoms with E-state index in [2.05, 4.69) is 47.9 Å². The van der Waals surface area contributed by atoms with Crippen LogP contribution in [-0.4, -0.2) is 16.0 Å². The van der Waals surface area contributed by atoms with Crippen LogP contribution in [0.25, 0.3) is 0 Å². The second-order valence-electron chi connectivity index (χ2n) is 5.84. The molecule has 1 aromatic heterocycles. The molecule has 0 amide bonds. The van der Waals surface area contributed by atoms with E-state index in [1.807, 2.05) is 0 Å². The average molecular weight is 264 g/mol. The highest BCUT2D eigenvalue weighted by molar-refractivity contribution is 5.14. The third kappa shape index (κ3) is 6.27. The molecule has 0 spiro atoms. The normalized spacial score (nSPS) is 12.2. The Morgan fingerprint density at radius 1 is 1.21 bits per heavy atom. The lowest BCUT2D eigenvalue weighted by Gasteiger charge is -2.15. The molecule has 5 nitrogen and oxygen atoms in total. The van der Waals surface area contributed by atoms with Crippen molar-refractivity contribution in [3.05, 3.63) is 22.1 Å². The number of aryl methyl sites for hydroxylation is 1. The molecule has 1 heterocycles. The lowest BCUT2D eigenvalue weighted by atomic mass is 9.96. The standard InChI is InChI=1S/C14H24N4O/c1-9(2)6-12(7-10(3)4)17-18-14-15-11(5)8-13(19)16-14/h8-10,12H,6-7H2,1-5H3,(H,15,16,19). The summed E-state index contributed by atoms with van der Waals surface area (Å²) in [7, 11) is 0. The van der Waals surface area contributed by atoms with Crippen molar-refractivity contribution in [2.24, 2.45) is 22.1 Å². The molecule has 0 saturated heterocycles. The fourth-order valence-electron chi connectivity index (χ4n) is 2.03. The summed E-state index contributed by atoms with van der Waals surface area (Å²) in [5.74, 6) is 1.45. The third-order valence-electron chi connectivity index (χ3n) is 2.66. The molecular weight excluding hydrogens is 240 g/mol. The van der Waals surface area contributed by atoms with E-state index in [0.717, 1.165) is 12.8 Å². The Balaban J connectivity index is 2.81. The van der Waals surface area contributed by atoms with Crippen molar-refractivity contribution in [1.29, 1.82) is 0 Å². The van der Waals surface area contributed by atoms with Gasteiger partial charge in [0.1, 0.15) is 0 Å². The SMILES string of the molecule is Cc1cc(=O)[nH]c(N=NC(CC(C)C)CC(C)C)n1. The molecule has 0 aliphatic carbocycles. The summed E-state index contributed by atoms with van der Waals surface area (Å²) in [4.78, 5) is 18.0. The first kappa shape index (κ1) is 15.5. The minimum Gasteiger partial charge on any atom is -0.290 e. The maximum Gasteiger partial charge on any atom is 0.252 e. The van der Waals surface area contributed by atoms with Crippen LogP contribution < -0.4 is 5.56 Å². The van der Waals surface area contributed by atoms with Crippen LogP contribution >= 0.6 is 0 Å². The van der Waals surface area contributed by atoms with E-state index in [0.29, 0.717) is 23.5 Å². The number of aromatic amines is 1. The second-order valence-corrected chi connectivity index (χ2v) is 5.84. The topological polar surface area (TPSA) is 70.5 Å². The van der Waals surface area contributed by atoms with Crippen molar-refractivity contribution in [3.63, 3.8) is 0 Å². The molecule has 1 aromatic rings. The summed E-state index contributed by atoms with van der Waals surface area (Å²) < 4.78 is 0. The van der Waals surface area contributed by atoms with Crippen LogP contribution in [0, 0.1) is 18.8 Å². The fraction of sp³-hybridized carbons (Fsp3) is 0.714. The Bertz CT molecular complexity index is 467. The van der Waals surface area contributed by atoms with Gasteiger partial charge in [0.15, 0.2) is 0 Å². The first-order valence-corrected chi connectivity index (χ1v) is 6.85. The summed E-state index contributed by atoms with van der Waals surface area (Å²) in [6.45, 7) is 10.5. The average Bonchev–Trinajstić information content (AvgIpc) is 2.23. The smallest absolute Gasteiger partial charge is 0.252 e. The Kier molecular flexibility index (Phi) is 5.86. The molecule has 0 fully saturated rings. The number of nitrogens with zero attached hydrogens (tertiary/aromatic N) is 3. The highest BCUT2D eigenvalue weighted by Crippen LogP contribution is 2.18. The van der Waals surface area contributed by atoms with Crippen molar-refractivity contribution in [2.75, 3.05) is 0 Å². The van der Waals surface area contributed by atoms with Gasteiger partial charge in [0.05, 0.1) is 6.04 Å². The molecule has 0 radical (unpaired) electrons. The molecule has 0 bridgehead atoms. The molecule has 0 atom stereocenters. The first-order valence-electron chi connectivity index (χ1n) is 6.85. The van der Waals surface area contributed by atoms with E-state index >= 15 is 0 Å². The highest BCUT2D eigenvalue weighted by atomic mass is 16.1. The van der Waals surface area contributed by atoms with Crippen molar-refractivity contribution in [2.45, 2.75) is 53.5 Å². The number of rotatable bonds is 6. The van der Waals surface area contributed by atoms with Gasteiger partial charge in [0, 0.05) is 11.8 Å². The molecule has 0 unspecified atom stereocenters. The van der Waals surface area contributed by atoms with Crippen LogP contribution in [0.3, 0.4) is 0 Å². The molecule has 0 saturated carbocycles. The zero-order valence-corrected chi connectivity index (χ0v) is 12.5. The van der Waals surface area contributed by atoms with Crippen LogP contribution in [-0.2, 0) is 0 Å². The number of azo groups is 1. The van der Waals surface area contributed by atoms with Crippen molar-refractivity contribution in [3.8, 4) is 0 Å². The van der Waals surface area contributed by atoms with Crippen LogP contribution in [0.5, 0.6) is 0 Å². The van der Waals surface area contributed by atoms with Crippen LogP contribution in [0.4, 0.5) is 5.95 Å². The van der Waals surface area contributed by atoms with Gasteiger partial charge >= 0.3 is 0 Å². The molecule has 5 heteroatoms. The molecule has 0 aromatic carbocycles. The van der Waals surface area contributed by atoms with Crippen molar-refractivity contribution >= 4 is 5.95 Å². The Hall–Kier alpha value is -1.52. The van der Waals surface area contributed by atoms with Gasteiger partial charge in [-0.3, -0.25) is 9.78 Å². The van der Waals surface area contributed by atoms with Crippen LogP contribution in [0.2, 0.25) is 0 Å². The van der Waals surface area contributed by atoms with E-state index < -0.39 is 0 Å². The van der Waals surface area contributed by atoms with E-state index in [1.54, 1.807) is 6.92 Å². The van der Waals surface area contributed by atoms with E-state index in [1.165, 1.54) is 6.07 Å². The van der Waals surface area contributed by atoms with Crippen LogP contribution in [0.1, 0.15) is 46.2 Å².